The van der Waals surface area contributed by atoms with E-state index in [9.17, 15) is 22.8 Å². The molecule has 23 heavy (non-hydrogen) atoms. The summed E-state index contributed by atoms with van der Waals surface area (Å²) in [5.41, 5.74) is 1.34. The molecule has 2 atom stereocenters. The maximum atomic E-state index is 12.5. The number of allylic oxidation sites excluding steroid dienone is 2. The van der Waals surface area contributed by atoms with Gasteiger partial charge < -0.3 is 4.74 Å². The van der Waals surface area contributed by atoms with Crippen molar-refractivity contribution in [2.45, 2.75) is 26.1 Å². The number of rotatable bonds is 2. The van der Waals surface area contributed by atoms with Crippen LogP contribution in [0.15, 0.2) is 35.9 Å². The number of imide groups is 1. The molecule has 0 bridgehead atoms. The lowest BCUT2D eigenvalue weighted by Gasteiger charge is -2.18. The Morgan fingerprint density at radius 3 is 2.30 bits per heavy atom. The molecule has 4 nitrogen and oxygen atoms in total. The van der Waals surface area contributed by atoms with Crippen LogP contribution in [-0.4, -0.2) is 18.2 Å². The van der Waals surface area contributed by atoms with Crippen molar-refractivity contribution in [2.24, 2.45) is 11.8 Å². The minimum Gasteiger partial charge on any atom is -0.406 e. The quantitative estimate of drug-likeness (QED) is 0.618. The summed E-state index contributed by atoms with van der Waals surface area (Å²) < 4.78 is 40.3. The lowest BCUT2D eigenvalue weighted by molar-refractivity contribution is -0.274. The molecule has 0 unspecified atom stereocenters. The molecule has 1 aromatic carbocycles. The van der Waals surface area contributed by atoms with Gasteiger partial charge in [-0.05, 0) is 44.0 Å². The molecule has 1 fully saturated rings. The van der Waals surface area contributed by atoms with Crippen LogP contribution in [0.5, 0.6) is 5.75 Å². The molecule has 0 saturated carbocycles. The molecule has 1 heterocycles. The van der Waals surface area contributed by atoms with Crippen LogP contribution >= 0.6 is 0 Å². The van der Waals surface area contributed by atoms with Gasteiger partial charge in [0.05, 0.1) is 17.5 Å². The number of hydrogen-bond acceptors (Lipinski definition) is 3. The minimum absolute atomic E-state index is 0.265. The van der Waals surface area contributed by atoms with Crippen LogP contribution in [0.3, 0.4) is 0 Å². The highest BCUT2D eigenvalue weighted by molar-refractivity contribution is 6.22. The zero-order chi connectivity index (χ0) is 16.8. The van der Waals surface area contributed by atoms with Gasteiger partial charge >= 0.3 is 6.36 Å². The van der Waals surface area contributed by atoms with Gasteiger partial charge in [0.15, 0.2) is 0 Å². The van der Waals surface area contributed by atoms with Crippen molar-refractivity contribution in [3.8, 4) is 5.75 Å². The first-order valence-corrected chi connectivity index (χ1v) is 7.15. The molecule has 0 aromatic heterocycles. The van der Waals surface area contributed by atoms with E-state index < -0.39 is 12.1 Å². The molecule has 1 aromatic rings. The lowest BCUT2D eigenvalue weighted by atomic mass is 9.82. The van der Waals surface area contributed by atoms with Crippen molar-refractivity contribution in [3.63, 3.8) is 0 Å². The number of amides is 2. The van der Waals surface area contributed by atoms with E-state index in [-0.39, 0.29) is 29.3 Å². The number of fused-ring (bicyclic) bond motifs is 1. The van der Waals surface area contributed by atoms with Crippen molar-refractivity contribution in [2.75, 3.05) is 4.90 Å². The highest BCUT2D eigenvalue weighted by Crippen LogP contribution is 2.40. The van der Waals surface area contributed by atoms with Crippen LogP contribution in [0.4, 0.5) is 18.9 Å². The number of anilines is 1. The molecule has 7 heteroatoms. The summed E-state index contributed by atoms with van der Waals surface area (Å²) in [5.74, 6) is -1.74. The number of alkyl halides is 3. The van der Waals surface area contributed by atoms with Crippen molar-refractivity contribution >= 4 is 17.5 Å². The van der Waals surface area contributed by atoms with Crippen molar-refractivity contribution in [1.29, 1.82) is 0 Å². The van der Waals surface area contributed by atoms with Gasteiger partial charge in [-0.15, -0.1) is 13.2 Å². The monoisotopic (exact) mass is 325 g/mol. The minimum atomic E-state index is -4.78. The fourth-order valence-corrected chi connectivity index (χ4v) is 3.09. The van der Waals surface area contributed by atoms with Crippen LogP contribution in [0.2, 0.25) is 0 Å². The molecule has 1 aliphatic heterocycles. The van der Waals surface area contributed by atoms with E-state index in [0.717, 1.165) is 22.6 Å². The van der Waals surface area contributed by atoms with Crippen LogP contribution in [0.25, 0.3) is 0 Å². The second-order valence-electron chi connectivity index (χ2n) is 5.76. The number of carbonyl (C=O) groups excluding carboxylic acids is 2. The fourth-order valence-electron chi connectivity index (χ4n) is 3.09. The van der Waals surface area contributed by atoms with Gasteiger partial charge in [-0.1, -0.05) is 11.6 Å². The number of carbonyl (C=O) groups is 2. The zero-order valence-electron chi connectivity index (χ0n) is 12.3. The fraction of sp³-hybridized carbons (Fsp3) is 0.375. The number of hydrogen-bond donors (Lipinski definition) is 0. The van der Waals surface area contributed by atoms with E-state index in [1.807, 2.05) is 13.0 Å². The van der Waals surface area contributed by atoms with Gasteiger partial charge in [0, 0.05) is 0 Å². The predicted octanol–water partition coefficient (Wildman–Crippen LogP) is 3.43. The largest absolute Gasteiger partial charge is 0.573 e. The highest BCUT2D eigenvalue weighted by Gasteiger charge is 2.48. The average molecular weight is 325 g/mol. The Kier molecular flexibility index (Phi) is 3.66. The molecule has 122 valence electrons. The van der Waals surface area contributed by atoms with Crippen LogP contribution in [0.1, 0.15) is 19.8 Å². The Labute approximate surface area is 130 Å². The van der Waals surface area contributed by atoms with Gasteiger partial charge in [0.25, 0.3) is 0 Å². The van der Waals surface area contributed by atoms with E-state index in [1.54, 1.807) is 0 Å². The second-order valence-corrected chi connectivity index (χ2v) is 5.76. The van der Waals surface area contributed by atoms with E-state index in [4.69, 9.17) is 0 Å². The summed E-state index contributed by atoms with van der Waals surface area (Å²) in [4.78, 5) is 26.0. The van der Waals surface area contributed by atoms with Crippen molar-refractivity contribution in [3.05, 3.63) is 35.9 Å². The van der Waals surface area contributed by atoms with E-state index in [2.05, 4.69) is 4.74 Å². The number of nitrogens with zero attached hydrogens (tertiary/aromatic N) is 1. The standard InChI is InChI=1S/C16H14F3NO3/c1-9-2-7-12-13(8-9)15(22)20(14(12)21)10-3-5-11(6-4-10)23-16(17,18)19/h2-6,12-13H,7-8H2,1H3/t12-,13+/m1/s1. The van der Waals surface area contributed by atoms with Crippen molar-refractivity contribution in [1.82, 2.24) is 0 Å². The number of halogens is 3. The Balaban J connectivity index is 1.82. The van der Waals surface area contributed by atoms with Crippen LogP contribution in [-0.2, 0) is 9.59 Å². The van der Waals surface area contributed by atoms with E-state index in [1.165, 1.54) is 12.1 Å². The van der Waals surface area contributed by atoms with Gasteiger partial charge in [-0.2, -0.15) is 0 Å². The zero-order valence-corrected chi connectivity index (χ0v) is 12.3. The van der Waals surface area contributed by atoms with Gasteiger partial charge in [0.2, 0.25) is 11.8 Å². The molecule has 1 saturated heterocycles. The average Bonchev–Trinajstić information content (AvgIpc) is 2.70. The molecular weight excluding hydrogens is 311 g/mol. The van der Waals surface area contributed by atoms with Gasteiger partial charge in [0.1, 0.15) is 5.75 Å². The first-order valence-electron chi connectivity index (χ1n) is 7.15. The molecule has 2 amide bonds. The number of benzene rings is 1. The summed E-state index contributed by atoms with van der Waals surface area (Å²) in [6.07, 6.45) is -1.76. The summed E-state index contributed by atoms with van der Waals surface area (Å²) in [7, 11) is 0. The molecule has 0 spiro atoms. The lowest BCUT2D eigenvalue weighted by Crippen LogP contribution is -2.30. The van der Waals surface area contributed by atoms with Crippen LogP contribution in [0, 0.1) is 11.8 Å². The molecule has 0 N–H and O–H groups in total. The Morgan fingerprint density at radius 2 is 1.70 bits per heavy atom. The Morgan fingerprint density at radius 1 is 1.09 bits per heavy atom. The smallest absolute Gasteiger partial charge is 0.406 e. The van der Waals surface area contributed by atoms with Gasteiger partial charge in [-0.25, -0.2) is 0 Å². The summed E-state index contributed by atoms with van der Waals surface area (Å²) in [6.45, 7) is 1.92. The third-order valence-corrected chi connectivity index (χ3v) is 4.15. The first-order chi connectivity index (χ1) is 10.8. The van der Waals surface area contributed by atoms with Gasteiger partial charge in [-0.3, -0.25) is 14.5 Å². The van der Waals surface area contributed by atoms with Crippen molar-refractivity contribution < 1.29 is 27.5 Å². The molecule has 3 rings (SSSR count). The molecule has 0 radical (unpaired) electrons. The number of ether oxygens (including phenoxy) is 1. The maximum Gasteiger partial charge on any atom is 0.573 e. The summed E-state index contributed by atoms with van der Waals surface area (Å²) >= 11 is 0. The normalized spacial score (nSPS) is 24.5. The summed E-state index contributed by atoms with van der Waals surface area (Å²) in [5, 5.41) is 0. The van der Waals surface area contributed by atoms with E-state index in [0.29, 0.717) is 12.8 Å². The topological polar surface area (TPSA) is 46.6 Å². The third kappa shape index (κ3) is 2.95. The molecule has 2 aliphatic rings. The van der Waals surface area contributed by atoms with Crippen LogP contribution < -0.4 is 9.64 Å². The maximum absolute atomic E-state index is 12.5. The highest BCUT2D eigenvalue weighted by atomic mass is 19.4. The third-order valence-electron chi connectivity index (χ3n) is 4.15. The van der Waals surface area contributed by atoms with E-state index >= 15 is 0 Å². The summed E-state index contributed by atoms with van der Waals surface area (Å²) in [6, 6.07) is 4.76. The predicted molar refractivity (Wildman–Crippen MR) is 75.6 cm³/mol. The second kappa shape index (κ2) is 5.40. The first kappa shape index (κ1) is 15.6. The molecular formula is C16H14F3NO3. The Bertz CT molecular complexity index is 679. The Hall–Kier alpha value is -2.31. The SMILES string of the molecule is CC1=CC[C@H]2C(=O)N(c3ccc(OC(F)(F)F)cc3)C(=O)[C@H]2C1. The molecule has 1 aliphatic carbocycles.